The van der Waals surface area contributed by atoms with E-state index in [0.717, 1.165) is 130 Å². The van der Waals surface area contributed by atoms with E-state index in [-0.39, 0.29) is 0 Å². The first kappa shape index (κ1) is 62.0. The van der Waals surface area contributed by atoms with Gasteiger partial charge in [0.1, 0.15) is 0 Å². The second-order valence-corrected chi connectivity index (χ2v) is 28.0. The molecule has 8 fully saturated rings. The van der Waals surface area contributed by atoms with Crippen LogP contribution in [-0.4, -0.2) is 0 Å². The highest BCUT2D eigenvalue weighted by atomic mass is 14.4. The molecule has 8 saturated carbocycles. The van der Waals surface area contributed by atoms with Gasteiger partial charge >= 0.3 is 0 Å². The van der Waals surface area contributed by atoms with E-state index in [1.54, 1.807) is 0 Å². The molecule has 0 aromatic rings. The van der Waals surface area contributed by atoms with Crippen LogP contribution in [0.25, 0.3) is 0 Å². The molecule has 11 atom stereocenters. The Kier molecular flexibility index (Phi) is 29.6. The predicted octanol–water partition coefficient (Wildman–Crippen LogP) is 21.7. The lowest BCUT2D eigenvalue weighted by molar-refractivity contribution is 0.0302. The molecule has 10 unspecified atom stereocenters. The van der Waals surface area contributed by atoms with E-state index in [4.69, 9.17) is 0 Å². The normalized spacial score (nSPS) is 43.0. The van der Waals surface area contributed by atoms with E-state index < -0.39 is 0 Å². The zero-order valence-corrected chi connectivity index (χ0v) is 49.2. The van der Waals surface area contributed by atoms with Gasteiger partial charge in [-0.25, -0.2) is 0 Å². The van der Waals surface area contributed by atoms with Gasteiger partial charge in [0.05, 0.1) is 0 Å². The quantitative estimate of drug-likeness (QED) is 0.265. The smallest absolute Gasteiger partial charge is 0.0352 e. The third-order valence-electron chi connectivity index (χ3n) is 21.3. The van der Waals surface area contributed by atoms with Crippen LogP contribution < -0.4 is 0 Å². The van der Waals surface area contributed by atoms with Crippen molar-refractivity contribution in [3.63, 3.8) is 0 Å². The van der Waals surface area contributed by atoms with Crippen molar-refractivity contribution in [2.45, 2.75) is 275 Å². The lowest BCUT2D eigenvalue weighted by atomic mass is 9.60. The van der Waals surface area contributed by atoms with E-state index in [1.807, 2.05) is 0 Å². The number of hydrogen-bond acceptors (Lipinski definition) is 0. The lowest BCUT2D eigenvalue weighted by Gasteiger charge is -2.45. The number of hydrogen-bond donors (Lipinski definition) is 0. The molecule has 0 saturated heterocycles. The largest absolute Gasteiger partial charge is 0.0651 e. The van der Waals surface area contributed by atoms with Crippen molar-refractivity contribution in [2.24, 2.45) is 136 Å². The average Bonchev–Trinajstić information content (AvgIpc) is 3.96. The maximum atomic E-state index is 2.38. The van der Waals surface area contributed by atoms with Crippen molar-refractivity contribution in [3.8, 4) is 0 Å². The maximum Gasteiger partial charge on any atom is -0.0352 e. The molecule has 0 heterocycles. The molecule has 0 N–H and O–H groups in total. The van der Waals surface area contributed by atoms with Gasteiger partial charge in [0.2, 0.25) is 0 Å². The molecule has 0 spiro atoms. The summed E-state index contributed by atoms with van der Waals surface area (Å²) in [6.07, 6.45) is 24.9. The fraction of sp³-hybridized carbons (Fsp3) is 1.00. The van der Waals surface area contributed by atoms with E-state index in [9.17, 15) is 0 Å². The van der Waals surface area contributed by atoms with Crippen molar-refractivity contribution in [1.82, 2.24) is 0 Å². The molecule has 0 bridgehead atoms. The van der Waals surface area contributed by atoms with Crippen LogP contribution in [0.15, 0.2) is 0 Å². The Morgan fingerprint density at radius 3 is 0.766 bits per heavy atom. The van der Waals surface area contributed by atoms with Crippen molar-refractivity contribution in [1.29, 1.82) is 0 Å². The summed E-state index contributed by atoms with van der Waals surface area (Å²) in [5, 5.41) is 0. The molecule has 8 aliphatic rings. The third-order valence-corrected chi connectivity index (χ3v) is 21.3. The molecule has 0 nitrogen and oxygen atoms in total. The van der Waals surface area contributed by atoms with E-state index in [0.29, 0.717) is 5.41 Å². The second kappa shape index (κ2) is 30.6. The Morgan fingerprint density at radius 1 is 0.359 bits per heavy atom. The fourth-order valence-electron chi connectivity index (χ4n) is 13.3. The highest BCUT2D eigenvalue weighted by Crippen LogP contribution is 2.45. The zero-order chi connectivity index (χ0) is 49.2. The van der Waals surface area contributed by atoms with Crippen LogP contribution in [0.2, 0.25) is 0 Å². The molecule has 0 aromatic heterocycles. The first-order valence-electron chi connectivity index (χ1n) is 29.6. The molecule has 8 aliphatic carbocycles. The Balaban J connectivity index is 0.000000366. The van der Waals surface area contributed by atoms with Crippen molar-refractivity contribution in [3.05, 3.63) is 0 Å². The third kappa shape index (κ3) is 22.6. The average molecular weight is 898 g/mol. The summed E-state index contributed by atoms with van der Waals surface area (Å²) < 4.78 is 0. The minimum Gasteiger partial charge on any atom is -0.0651 e. The summed E-state index contributed by atoms with van der Waals surface area (Å²) in [4.78, 5) is 0. The van der Waals surface area contributed by atoms with Gasteiger partial charge < -0.3 is 0 Å². The molecular formula is C64H128. The summed E-state index contributed by atoms with van der Waals surface area (Å²) in [6, 6.07) is 0. The SMILES string of the molecule is CC1C(C)C(C)C1C.CC1CC(C(C)C)C1.CC1CC(C)C(C)C1.CC1CC(C)[C@@H](C)C1.CC1CCC(C)(C)C1.CC1CCC(C)C1C.CC1CCC(C)C1C.CCC(C)C1CCC1. The van der Waals surface area contributed by atoms with Gasteiger partial charge in [0, 0.05) is 0 Å². The van der Waals surface area contributed by atoms with Crippen LogP contribution in [0.1, 0.15) is 275 Å². The Morgan fingerprint density at radius 2 is 0.672 bits per heavy atom. The highest BCUT2D eigenvalue weighted by Gasteiger charge is 2.38. The second-order valence-electron chi connectivity index (χ2n) is 28.0. The van der Waals surface area contributed by atoms with Gasteiger partial charge in [-0.15, -0.1) is 0 Å². The van der Waals surface area contributed by atoms with Crippen LogP contribution in [0, 0.1) is 136 Å². The first-order chi connectivity index (χ1) is 29.6. The molecule has 0 amide bonds. The Bertz CT molecular complexity index is 1000. The van der Waals surface area contributed by atoms with Crippen LogP contribution in [0.5, 0.6) is 0 Å². The van der Waals surface area contributed by atoms with Crippen LogP contribution in [-0.2, 0) is 0 Å². The summed E-state index contributed by atoms with van der Waals surface area (Å²) in [7, 11) is 0. The maximum absolute atomic E-state index is 2.38. The van der Waals surface area contributed by atoms with Crippen LogP contribution in [0.3, 0.4) is 0 Å². The summed E-state index contributed by atoms with van der Waals surface area (Å²) >= 11 is 0. The van der Waals surface area contributed by atoms with E-state index in [1.165, 1.54) is 109 Å². The van der Waals surface area contributed by atoms with E-state index >= 15 is 0 Å². The fourth-order valence-corrected chi connectivity index (χ4v) is 13.3. The molecule has 0 aromatic carbocycles. The monoisotopic (exact) mass is 897 g/mol. The zero-order valence-electron chi connectivity index (χ0n) is 49.2. The highest BCUT2D eigenvalue weighted by molar-refractivity contribution is 4.87. The minimum atomic E-state index is 0.666. The van der Waals surface area contributed by atoms with E-state index in [2.05, 4.69) is 166 Å². The summed E-state index contributed by atoms with van der Waals surface area (Å²) in [6.45, 7) is 56.6. The van der Waals surface area contributed by atoms with Gasteiger partial charge in [0.15, 0.2) is 0 Å². The van der Waals surface area contributed by atoms with Crippen molar-refractivity contribution >= 4 is 0 Å². The molecule has 8 rings (SSSR count). The van der Waals surface area contributed by atoms with Gasteiger partial charge in [-0.1, -0.05) is 224 Å². The molecule has 0 heteroatoms. The molecule has 384 valence electrons. The molecule has 64 heavy (non-hydrogen) atoms. The summed E-state index contributed by atoms with van der Waals surface area (Å²) in [5.41, 5.74) is 0.666. The number of rotatable bonds is 3. The summed E-state index contributed by atoms with van der Waals surface area (Å²) in [5.74, 6) is 21.9. The topological polar surface area (TPSA) is 0 Å². The first-order valence-corrected chi connectivity index (χ1v) is 29.6. The lowest BCUT2D eigenvalue weighted by Crippen LogP contribution is -2.39. The predicted molar refractivity (Wildman–Crippen MR) is 294 cm³/mol. The van der Waals surface area contributed by atoms with Gasteiger partial charge in [0.25, 0.3) is 0 Å². The minimum absolute atomic E-state index is 0.666. The van der Waals surface area contributed by atoms with Crippen molar-refractivity contribution in [2.75, 3.05) is 0 Å². The van der Waals surface area contributed by atoms with Crippen LogP contribution in [0.4, 0.5) is 0 Å². The molecule has 0 aliphatic heterocycles. The van der Waals surface area contributed by atoms with Gasteiger partial charge in [-0.3, -0.25) is 0 Å². The van der Waals surface area contributed by atoms with Crippen LogP contribution >= 0.6 is 0 Å². The molecule has 0 radical (unpaired) electrons. The van der Waals surface area contributed by atoms with Gasteiger partial charge in [-0.05, 0) is 187 Å². The standard InChI is InChI=1S/8C8H16/c2*1-6-4-7(2)8(3)5-6;1-6(2)8-4-7(3)5-8;1-7-4-5-8(2,3)6-7;2*1-6-4-5-7(2)8(6)3;1-5-6(2)8(4)7(5)3;1-3-7(2)8-5-4-6-8/h3*6-8H,4-5H2,1-3H3;7H,4-6H2,1-3H3;2*6-8H,4-5H2,1-3H3;5-8H,1-4H3;7-8H,3-6H2,1-2H3/t6?,7-,8?;;;;;;;/m0......./s1. The Hall–Kier alpha value is 0. The van der Waals surface area contributed by atoms with Gasteiger partial charge in [-0.2, -0.15) is 0 Å². The van der Waals surface area contributed by atoms with Crippen molar-refractivity contribution < 1.29 is 0 Å². The Labute approximate surface area is 409 Å². The molecular weight excluding hydrogens is 769 g/mol.